The van der Waals surface area contributed by atoms with Crippen LogP contribution in [0.25, 0.3) is 0 Å². The molecule has 0 amide bonds. The van der Waals surface area contributed by atoms with E-state index in [0.717, 1.165) is 44.7 Å². The first kappa shape index (κ1) is 16.0. The molecule has 2 aliphatic rings. The smallest absolute Gasteiger partial charge is 0.0678 e. The largest absolute Gasteiger partial charge is 0.396 e. The van der Waals surface area contributed by atoms with E-state index in [4.69, 9.17) is 0 Å². The minimum atomic E-state index is 0.0450. The minimum absolute atomic E-state index is 0.0450. The van der Waals surface area contributed by atoms with Crippen molar-refractivity contribution in [2.24, 2.45) is 5.41 Å². The number of aliphatic hydroxyl groups is 1. The second kappa shape index (κ2) is 5.95. The number of nitrogens with zero attached hydrogens (tertiary/aromatic N) is 2. The quantitative estimate of drug-likeness (QED) is 0.794. The number of aromatic amines is 1. The summed E-state index contributed by atoms with van der Waals surface area (Å²) in [5.74, 6) is 0. The van der Waals surface area contributed by atoms with E-state index in [0.29, 0.717) is 6.04 Å². The van der Waals surface area contributed by atoms with Crippen molar-refractivity contribution in [1.82, 2.24) is 20.4 Å². The number of fused-ring (bicyclic) bond motifs is 1. The van der Waals surface area contributed by atoms with Crippen LogP contribution in [0.4, 0.5) is 0 Å². The van der Waals surface area contributed by atoms with E-state index in [2.05, 4.69) is 47.3 Å². The summed E-state index contributed by atoms with van der Waals surface area (Å²) in [6.45, 7) is 10.9. The van der Waals surface area contributed by atoms with Crippen LogP contribution in [0.2, 0.25) is 0 Å². The van der Waals surface area contributed by atoms with Crippen molar-refractivity contribution in [2.75, 3.05) is 26.2 Å². The Labute approximate surface area is 133 Å². The molecule has 5 nitrogen and oxygen atoms in total. The van der Waals surface area contributed by atoms with Gasteiger partial charge in [-0.05, 0) is 31.9 Å². The maximum atomic E-state index is 9.98. The van der Waals surface area contributed by atoms with Gasteiger partial charge < -0.3 is 10.4 Å². The molecular weight excluding hydrogens is 276 g/mol. The molecule has 2 fully saturated rings. The normalized spacial score (nSPS) is 30.3. The third-order valence-corrected chi connectivity index (χ3v) is 5.36. The summed E-state index contributed by atoms with van der Waals surface area (Å²) in [4.78, 5) is 2.47. The summed E-state index contributed by atoms with van der Waals surface area (Å²) in [5, 5.41) is 21.3. The molecule has 1 aromatic heterocycles. The van der Waals surface area contributed by atoms with Crippen molar-refractivity contribution >= 4 is 0 Å². The average molecular weight is 306 g/mol. The van der Waals surface area contributed by atoms with Crippen LogP contribution >= 0.6 is 0 Å². The lowest BCUT2D eigenvalue weighted by Crippen LogP contribution is -2.61. The second-order valence-corrected chi connectivity index (χ2v) is 8.16. The number of aromatic nitrogens is 2. The Kier molecular flexibility index (Phi) is 4.32. The first-order valence-corrected chi connectivity index (χ1v) is 8.54. The number of rotatable bonds is 3. The molecule has 0 aliphatic carbocycles. The molecule has 124 valence electrons. The van der Waals surface area contributed by atoms with Crippen LogP contribution in [-0.4, -0.2) is 52.5 Å². The Morgan fingerprint density at radius 1 is 1.45 bits per heavy atom. The summed E-state index contributed by atoms with van der Waals surface area (Å²) < 4.78 is 0. The fourth-order valence-electron chi connectivity index (χ4n) is 3.98. The third-order valence-electron chi connectivity index (χ3n) is 5.36. The summed E-state index contributed by atoms with van der Waals surface area (Å²) in [5.41, 5.74) is 2.43. The monoisotopic (exact) mass is 306 g/mol. The predicted molar refractivity (Wildman–Crippen MR) is 87.7 cm³/mol. The number of aliphatic hydroxyl groups excluding tert-OH is 1. The number of hydrogen-bond donors (Lipinski definition) is 3. The van der Waals surface area contributed by atoms with E-state index >= 15 is 0 Å². The molecule has 1 aromatic rings. The molecule has 3 heterocycles. The molecule has 0 aromatic carbocycles. The highest BCUT2D eigenvalue weighted by atomic mass is 16.3. The van der Waals surface area contributed by atoms with E-state index in [-0.39, 0.29) is 17.4 Å². The highest BCUT2D eigenvalue weighted by molar-refractivity contribution is 5.16. The maximum absolute atomic E-state index is 9.98. The Balaban J connectivity index is 1.67. The maximum Gasteiger partial charge on any atom is 0.0678 e. The fourth-order valence-corrected chi connectivity index (χ4v) is 3.98. The number of piperidine rings is 2. The summed E-state index contributed by atoms with van der Waals surface area (Å²) in [7, 11) is 0. The third kappa shape index (κ3) is 3.07. The zero-order valence-corrected chi connectivity index (χ0v) is 14.2. The molecule has 3 N–H and O–H groups in total. The van der Waals surface area contributed by atoms with E-state index in [1.807, 2.05) is 0 Å². The number of likely N-dealkylation sites (tertiary alicyclic amines) is 1. The molecule has 22 heavy (non-hydrogen) atoms. The van der Waals surface area contributed by atoms with E-state index < -0.39 is 0 Å². The van der Waals surface area contributed by atoms with Crippen molar-refractivity contribution in [3.05, 3.63) is 17.5 Å². The Bertz CT molecular complexity index is 507. The van der Waals surface area contributed by atoms with E-state index in [1.54, 1.807) is 0 Å². The zero-order valence-electron chi connectivity index (χ0n) is 14.2. The van der Waals surface area contributed by atoms with Gasteiger partial charge in [0.05, 0.1) is 12.3 Å². The molecule has 0 saturated carbocycles. The van der Waals surface area contributed by atoms with Gasteiger partial charge in [-0.3, -0.25) is 10.00 Å². The molecule has 2 atom stereocenters. The lowest BCUT2D eigenvalue weighted by molar-refractivity contribution is -0.0226. The topological polar surface area (TPSA) is 64.2 Å². The second-order valence-electron chi connectivity index (χ2n) is 8.16. The molecular formula is C17H30N4O. The van der Waals surface area contributed by atoms with E-state index in [9.17, 15) is 5.11 Å². The lowest BCUT2D eigenvalue weighted by Gasteiger charge is -2.50. The van der Waals surface area contributed by atoms with Crippen molar-refractivity contribution < 1.29 is 5.11 Å². The van der Waals surface area contributed by atoms with Crippen molar-refractivity contribution in [3.63, 3.8) is 0 Å². The summed E-state index contributed by atoms with van der Waals surface area (Å²) in [6.07, 6.45) is 3.43. The van der Waals surface area contributed by atoms with Gasteiger partial charge in [0.15, 0.2) is 0 Å². The molecule has 0 unspecified atom stereocenters. The van der Waals surface area contributed by atoms with Gasteiger partial charge in [0.25, 0.3) is 0 Å². The van der Waals surface area contributed by atoms with Crippen LogP contribution in [0.5, 0.6) is 0 Å². The fraction of sp³-hybridized carbons (Fsp3) is 0.824. The first-order chi connectivity index (χ1) is 10.4. The number of nitrogens with one attached hydrogen (secondary N) is 2. The number of hydrogen-bond acceptors (Lipinski definition) is 4. The minimum Gasteiger partial charge on any atom is -0.396 e. The van der Waals surface area contributed by atoms with Gasteiger partial charge in [0.2, 0.25) is 0 Å². The summed E-state index contributed by atoms with van der Waals surface area (Å²) >= 11 is 0. The van der Waals surface area contributed by atoms with Crippen LogP contribution < -0.4 is 5.32 Å². The Morgan fingerprint density at radius 2 is 2.27 bits per heavy atom. The van der Waals surface area contributed by atoms with Crippen molar-refractivity contribution in [1.29, 1.82) is 0 Å². The van der Waals surface area contributed by atoms with Gasteiger partial charge in [-0.1, -0.05) is 20.8 Å². The molecule has 0 spiro atoms. The van der Waals surface area contributed by atoms with Gasteiger partial charge in [-0.25, -0.2) is 0 Å². The Morgan fingerprint density at radius 3 is 2.95 bits per heavy atom. The van der Waals surface area contributed by atoms with Crippen LogP contribution in [0.3, 0.4) is 0 Å². The molecule has 2 saturated heterocycles. The average Bonchev–Trinajstić information content (AvgIpc) is 2.95. The van der Waals surface area contributed by atoms with Crippen molar-refractivity contribution in [3.8, 4) is 0 Å². The van der Waals surface area contributed by atoms with E-state index in [1.165, 1.54) is 12.1 Å². The van der Waals surface area contributed by atoms with Gasteiger partial charge in [-0.15, -0.1) is 0 Å². The molecule has 5 heteroatoms. The first-order valence-electron chi connectivity index (χ1n) is 8.54. The number of H-pyrrole nitrogens is 1. The predicted octanol–water partition coefficient (Wildman–Crippen LogP) is 1.64. The standard InChI is InChI=1S/C17H30N4O/c1-16(2,3)15-9-13(19-20-15)10-21-8-5-14-17(11-21,12-22)6-4-7-18-14/h9,14,18,22H,4-8,10-12H2,1-3H3,(H,19,20)/t14-,17-/m0/s1. The summed E-state index contributed by atoms with van der Waals surface area (Å²) in [6, 6.07) is 2.67. The van der Waals surface area contributed by atoms with Crippen molar-refractivity contribution in [2.45, 2.75) is 58.0 Å². The highest BCUT2D eigenvalue weighted by Gasteiger charge is 2.44. The van der Waals surface area contributed by atoms with Crippen LogP contribution in [0, 0.1) is 5.41 Å². The van der Waals surface area contributed by atoms with Gasteiger partial charge >= 0.3 is 0 Å². The van der Waals surface area contributed by atoms with Crippen LogP contribution in [-0.2, 0) is 12.0 Å². The van der Waals surface area contributed by atoms with Gasteiger partial charge in [0, 0.05) is 42.2 Å². The lowest BCUT2D eigenvalue weighted by atomic mass is 9.71. The van der Waals surface area contributed by atoms with Gasteiger partial charge in [-0.2, -0.15) is 5.10 Å². The van der Waals surface area contributed by atoms with Crippen LogP contribution in [0.1, 0.15) is 51.4 Å². The molecule has 2 aliphatic heterocycles. The molecule has 3 rings (SSSR count). The molecule has 0 bridgehead atoms. The highest BCUT2D eigenvalue weighted by Crippen LogP contribution is 2.37. The SMILES string of the molecule is CC(C)(C)c1cc(CN2CC[C@@H]3NCCC[C@@]3(CO)C2)[nH]n1. The van der Waals surface area contributed by atoms with Crippen LogP contribution in [0.15, 0.2) is 6.07 Å². The molecule has 0 radical (unpaired) electrons. The zero-order chi connectivity index (χ0) is 15.8. The Hall–Kier alpha value is -0.910. The van der Waals surface area contributed by atoms with Gasteiger partial charge in [0.1, 0.15) is 0 Å².